The standard InChI is InChI=1S/C11H11NO5/c1-2-3-9(8(14)6-13)17-11(16)7-4-5-10(15)12-7/h2-3,6-7H,1,4-5H2,(H,12,15). The molecule has 17 heavy (non-hydrogen) atoms. The highest BCUT2D eigenvalue weighted by molar-refractivity contribution is 6.32. The predicted octanol–water partition coefficient (Wildman–Crippen LogP) is -0.354. The monoisotopic (exact) mass is 237 g/mol. The van der Waals surface area contributed by atoms with Gasteiger partial charge < -0.3 is 10.1 Å². The molecule has 1 heterocycles. The Bertz CT molecular complexity index is 410. The molecule has 6 nitrogen and oxygen atoms in total. The van der Waals surface area contributed by atoms with E-state index in [9.17, 15) is 19.2 Å². The third-order valence-corrected chi connectivity index (χ3v) is 2.11. The summed E-state index contributed by atoms with van der Waals surface area (Å²) in [6.07, 6.45) is 2.93. The molecule has 1 saturated heterocycles. The van der Waals surface area contributed by atoms with Crippen molar-refractivity contribution in [2.75, 3.05) is 0 Å². The summed E-state index contributed by atoms with van der Waals surface area (Å²) in [5.74, 6) is -2.37. The average Bonchev–Trinajstić information content (AvgIpc) is 2.74. The van der Waals surface area contributed by atoms with Crippen molar-refractivity contribution < 1.29 is 23.9 Å². The Balaban J connectivity index is 2.68. The summed E-state index contributed by atoms with van der Waals surface area (Å²) in [7, 11) is 0. The molecule has 0 aliphatic carbocycles. The fourth-order valence-corrected chi connectivity index (χ4v) is 1.30. The molecule has 0 radical (unpaired) electrons. The number of esters is 1. The highest BCUT2D eigenvalue weighted by Gasteiger charge is 2.30. The second kappa shape index (κ2) is 5.74. The third kappa shape index (κ3) is 3.37. The first-order chi connectivity index (χ1) is 8.08. The molecular weight excluding hydrogens is 226 g/mol. The molecule has 1 rings (SSSR count). The van der Waals surface area contributed by atoms with Crippen LogP contribution in [0, 0.1) is 0 Å². The summed E-state index contributed by atoms with van der Waals surface area (Å²) in [5, 5.41) is 2.39. The van der Waals surface area contributed by atoms with Gasteiger partial charge in [-0.25, -0.2) is 4.79 Å². The zero-order chi connectivity index (χ0) is 12.8. The third-order valence-electron chi connectivity index (χ3n) is 2.11. The van der Waals surface area contributed by atoms with Gasteiger partial charge in [-0.1, -0.05) is 12.7 Å². The molecule has 1 amide bonds. The molecule has 1 fully saturated rings. The minimum atomic E-state index is -0.956. The normalized spacial score (nSPS) is 19.4. The maximum absolute atomic E-state index is 11.5. The lowest BCUT2D eigenvalue weighted by Gasteiger charge is -2.09. The van der Waals surface area contributed by atoms with Crippen LogP contribution in [-0.2, 0) is 23.9 Å². The Morgan fingerprint density at radius 2 is 2.18 bits per heavy atom. The summed E-state index contributed by atoms with van der Waals surface area (Å²) in [5.41, 5.74) is 0. The molecular formula is C11H11NO5. The van der Waals surface area contributed by atoms with Crippen LogP contribution in [0.5, 0.6) is 0 Å². The number of amides is 1. The lowest BCUT2D eigenvalue weighted by molar-refractivity contribution is -0.145. The smallest absolute Gasteiger partial charge is 0.334 e. The molecule has 0 saturated carbocycles. The van der Waals surface area contributed by atoms with Crippen LogP contribution >= 0.6 is 0 Å². The summed E-state index contributed by atoms with van der Waals surface area (Å²) < 4.78 is 4.73. The van der Waals surface area contributed by atoms with E-state index < -0.39 is 23.6 Å². The minimum absolute atomic E-state index is 0.0375. The van der Waals surface area contributed by atoms with Crippen molar-refractivity contribution in [3.05, 3.63) is 24.5 Å². The van der Waals surface area contributed by atoms with Crippen LogP contribution in [-0.4, -0.2) is 30.0 Å². The topological polar surface area (TPSA) is 89.5 Å². The van der Waals surface area contributed by atoms with Gasteiger partial charge in [-0.05, 0) is 12.5 Å². The van der Waals surface area contributed by atoms with Gasteiger partial charge in [0.25, 0.3) is 5.78 Å². The van der Waals surface area contributed by atoms with Crippen molar-refractivity contribution >= 4 is 23.9 Å². The average molecular weight is 237 g/mol. The van der Waals surface area contributed by atoms with E-state index >= 15 is 0 Å². The van der Waals surface area contributed by atoms with Crippen molar-refractivity contribution in [3.8, 4) is 0 Å². The van der Waals surface area contributed by atoms with E-state index in [0.29, 0.717) is 6.42 Å². The number of nitrogens with one attached hydrogen (secondary N) is 1. The Hall–Kier alpha value is -2.24. The van der Waals surface area contributed by atoms with E-state index in [1.165, 1.54) is 6.08 Å². The Labute approximate surface area is 97.3 Å². The number of ketones is 1. The molecule has 0 bridgehead atoms. The molecule has 1 N–H and O–H groups in total. The summed E-state index contributed by atoms with van der Waals surface area (Å²) in [4.78, 5) is 43.8. The molecule has 1 atom stereocenters. The van der Waals surface area contributed by atoms with E-state index in [1.807, 2.05) is 0 Å². The van der Waals surface area contributed by atoms with Crippen molar-refractivity contribution in [2.24, 2.45) is 0 Å². The van der Waals surface area contributed by atoms with Crippen LogP contribution < -0.4 is 5.32 Å². The number of allylic oxidation sites excluding steroid dienone is 3. The van der Waals surface area contributed by atoms with E-state index in [4.69, 9.17) is 4.74 Å². The fourth-order valence-electron chi connectivity index (χ4n) is 1.30. The zero-order valence-electron chi connectivity index (χ0n) is 8.97. The van der Waals surface area contributed by atoms with Crippen molar-refractivity contribution in [1.82, 2.24) is 5.32 Å². The predicted molar refractivity (Wildman–Crippen MR) is 56.6 cm³/mol. The molecule has 90 valence electrons. The summed E-state index contributed by atoms with van der Waals surface area (Å²) >= 11 is 0. The molecule has 1 aliphatic heterocycles. The largest absolute Gasteiger partial charge is 0.421 e. The fraction of sp³-hybridized carbons (Fsp3) is 0.273. The van der Waals surface area contributed by atoms with Gasteiger partial charge in [-0.15, -0.1) is 0 Å². The van der Waals surface area contributed by atoms with Gasteiger partial charge in [0, 0.05) is 6.42 Å². The minimum Gasteiger partial charge on any atom is -0.421 e. The number of carbonyl (C=O) groups excluding carboxylic acids is 4. The van der Waals surface area contributed by atoms with Crippen LogP contribution in [0.4, 0.5) is 0 Å². The lowest BCUT2D eigenvalue weighted by atomic mass is 10.2. The number of hydrogen-bond acceptors (Lipinski definition) is 5. The lowest BCUT2D eigenvalue weighted by Crippen LogP contribution is -2.35. The first kappa shape index (κ1) is 12.8. The number of hydrogen-bond donors (Lipinski definition) is 1. The number of carbonyl (C=O) groups is 4. The first-order valence-corrected chi connectivity index (χ1v) is 4.91. The van der Waals surface area contributed by atoms with Crippen molar-refractivity contribution in [2.45, 2.75) is 18.9 Å². The zero-order valence-corrected chi connectivity index (χ0v) is 8.97. The van der Waals surface area contributed by atoms with Gasteiger partial charge in [-0.2, -0.15) is 0 Å². The first-order valence-electron chi connectivity index (χ1n) is 4.91. The Kier molecular flexibility index (Phi) is 4.33. The van der Waals surface area contributed by atoms with Crippen LogP contribution in [0.2, 0.25) is 0 Å². The Morgan fingerprint density at radius 3 is 2.65 bits per heavy atom. The Morgan fingerprint density at radius 1 is 1.47 bits per heavy atom. The van der Waals surface area contributed by atoms with Crippen LogP contribution in [0.25, 0.3) is 0 Å². The van der Waals surface area contributed by atoms with Crippen LogP contribution in [0.1, 0.15) is 12.8 Å². The number of rotatable bonds is 5. The molecule has 0 spiro atoms. The summed E-state index contributed by atoms with van der Waals surface area (Å²) in [6.45, 7) is 3.33. The van der Waals surface area contributed by atoms with Gasteiger partial charge in [-0.3, -0.25) is 14.4 Å². The molecule has 0 aromatic carbocycles. The molecule has 0 aromatic heterocycles. The van der Waals surface area contributed by atoms with E-state index in [1.54, 1.807) is 0 Å². The number of Topliss-reactive ketones (excluding diaryl/α,β-unsaturated/α-hetero) is 1. The highest BCUT2D eigenvalue weighted by Crippen LogP contribution is 2.10. The molecule has 6 heteroatoms. The highest BCUT2D eigenvalue weighted by atomic mass is 16.5. The SMILES string of the molecule is C=CC=C(OC(=O)C1CCC(=O)N1)C(=O)C=O. The van der Waals surface area contributed by atoms with Crippen LogP contribution in [0.15, 0.2) is 24.5 Å². The van der Waals surface area contributed by atoms with Crippen molar-refractivity contribution in [3.63, 3.8) is 0 Å². The number of aldehydes is 1. The quantitative estimate of drug-likeness (QED) is 0.176. The van der Waals surface area contributed by atoms with Gasteiger partial charge >= 0.3 is 5.97 Å². The van der Waals surface area contributed by atoms with Gasteiger partial charge in [0.2, 0.25) is 5.91 Å². The van der Waals surface area contributed by atoms with E-state index in [0.717, 1.165) is 6.08 Å². The number of ether oxygens (including phenoxy) is 1. The molecule has 1 aliphatic rings. The molecule has 0 aromatic rings. The second-order valence-electron chi connectivity index (χ2n) is 3.33. The van der Waals surface area contributed by atoms with Crippen LogP contribution in [0.3, 0.4) is 0 Å². The summed E-state index contributed by atoms with van der Waals surface area (Å²) in [6, 6.07) is -0.768. The second-order valence-corrected chi connectivity index (χ2v) is 3.33. The van der Waals surface area contributed by atoms with Gasteiger partial charge in [0.15, 0.2) is 12.0 Å². The van der Waals surface area contributed by atoms with E-state index in [2.05, 4.69) is 11.9 Å². The van der Waals surface area contributed by atoms with Gasteiger partial charge in [0.1, 0.15) is 6.04 Å². The van der Waals surface area contributed by atoms with Gasteiger partial charge in [0.05, 0.1) is 0 Å². The maximum atomic E-state index is 11.5. The van der Waals surface area contributed by atoms with E-state index in [-0.39, 0.29) is 18.6 Å². The van der Waals surface area contributed by atoms with Crippen molar-refractivity contribution in [1.29, 1.82) is 0 Å². The molecule has 1 unspecified atom stereocenters. The maximum Gasteiger partial charge on any atom is 0.334 e.